The summed E-state index contributed by atoms with van der Waals surface area (Å²) < 4.78 is 6.90. The van der Waals surface area contributed by atoms with Crippen LogP contribution >= 0.6 is 7.26 Å². The summed E-state index contributed by atoms with van der Waals surface area (Å²) in [6.07, 6.45) is 0.862. The Morgan fingerprint density at radius 3 is 1.24 bits per heavy atom. The quantitative estimate of drug-likeness (QED) is 0.172. The number of hydrogen-bond acceptors (Lipinski definition) is 1. The standard InChI is InChI=1S/C37H40OPSi.BrH/c1-36(2,3)37(38-40,31-21-11-5-12-22-31)29-35(30-19-9-4-10-20-30)39(32-23-13-6-14-24-32,33-25-15-7-16-26-33)34-27-17-8-18-28-34;/h4-28,35H,29H2,1-3,40H3;1H/q+1;/p-1. The van der Waals surface area contributed by atoms with Crippen LogP contribution in [0.15, 0.2) is 152 Å². The van der Waals surface area contributed by atoms with Gasteiger partial charge >= 0.3 is 0 Å². The third kappa shape index (κ3) is 5.92. The van der Waals surface area contributed by atoms with Crippen LogP contribution in [0.3, 0.4) is 0 Å². The van der Waals surface area contributed by atoms with E-state index in [9.17, 15) is 0 Å². The number of hydrogen-bond donors (Lipinski definition) is 0. The van der Waals surface area contributed by atoms with Gasteiger partial charge in [-0.2, -0.15) is 0 Å². The molecule has 0 saturated heterocycles. The van der Waals surface area contributed by atoms with Gasteiger partial charge in [0.05, 0.1) is 5.60 Å². The van der Waals surface area contributed by atoms with Crippen LogP contribution in [0.4, 0.5) is 0 Å². The third-order valence-electron chi connectivity index (χ3n) is 8.42. The first kappa shape index (κ1) is 31.1. The molecule has 0 fully saturated rings. The molecule has 0 radical (unpaired) electrons. The van der Waals surface area contributed by atoms with E-state index in [1.165, 1.54) is 27.0 Å². The topological polar surface area (TPSA) is 9.23 Å². The van der Waals surface area contributed by atoms with Crippen molar-refractivity contribution in [2.75, 3.05) is 0 Å². The lowest BCUT2D eigenvalue weighted by Gasteiger charge is -2.48. The van der Waals surface area contributed by atoms with Gasteiger partial charge in [-0.25, -0.2) is 0 Å². The third-order valence-corrected chi connectivity index (χ3v) is 13.9. The molecule has 0 aliphatic rings. The van der Waals surface area contributed by atoms with Crippen molar-refractivity contribution >= 4 is 33.7 Å². The highest BCUT2D eigenvalue weighted by Gasteiger charge is 2.57. The van der Waals surface area contributed by atoms with Crippen molar-refractivity contribution in [1.82, 2.24) is 0 Å². The Hall–Kier alpha value is -2.81. The van der Waals surface area contributed by atoms with Gasteiger partial charge in [0.2, 0.25) is 0 Å². The molecule has 0 spiro atoms. The predicted octanol–water partition coefficient (Wildman–Crippen LogP) is 4.35. The molecule has 0 heterocycles. The van der Waals surface area contributed by atoms with E-state index in [0.717, 1.165) is 6.42 Å². The average Bonchev–Trinajstić information content (AvgIpc) is 3.01. The lowest BCUT2D eigenvalue weighted by molar-refractivity contribution is -0.0414. The SMILES string of the molecule is CC(C)(C)C(CC(c1ccccc1)[P+](c1ccccc1)(c1ccccc1)c1ccccc1)(O[SiH3])c1ccccc1.[Br-]. The van der Waals surface area contributed by atoms with Gasteiger partial charge in [0.1, 0.15) is 39.3 Å². The maximum atomic E-state index is 6.90. The van der Waals surface area contributed by atoms with E-state index in [2.05, 4.69) is 172 Å². The zero-order valence-electron chi connectivity index (χ0n) is 24.5. The fourth-order valence-corrected chi connectivity index (χ4v) is 12.5. The first-order valence-electron chi connectivity index (χ1n) is 14.1. The summed E-state index contributed by atoms with van der Waals surface area (Å²) in [4.78, 5) is 0. The van der Waals surface area contributed by atoms with E-state index in [0.29, 0.717) is 10.5 Å². The molecule has 5 aromatic rings. The molecule has 2 unspecified atom stereocenters. The van der Waals surface area contributed by atoms with Crippen molar-refractivity contribution in [3.8, 4) is 0 Å². The average molecular weight is 640 g/mol. The molecule has 0 aliphatic heterocycles. The Balaban J connectivity index is 0.00000387. The molecule has 210 valence electrons. The second-order valence-corrected chi connectivity index (χ2v) is 15.5. The van der Waals surface area contributed by atoms with Crippen LogP contribution in [0.25, 0.3) is 0 Å². The molecular weight excluding hydrogens is 599 g/mol. The Labute approximate surface area is 260 Å². The Bertz CT molecular complexity index is 1380. The first-order valence-corrected chi connectivity index (χ1v) is 16.8. The van der Waals surface area contributed by atoms with Crippen molar-refractivity contribution in [1.29, 1.82) is 0 Å². The van der Waals surface area contributed by atoms with Crippen LogP contribution < -0.4 is 32.9 Å². The van der Waals surface area contributed by atoms with Crippen LogP contribution in [0.2, 0.25) is 0 Å². The second kappa shape index (κ2) is 13.4. The molecule has 4 heteroatoms. The summed E-state index contributed by atoms with van der Waals surface area (Å²) in [5.41, 5.74) is 2.18. The van der Waals surface area contributed by atoms with Crippen molar-refractivity contribution in [3.05, 3.63) is 163 Å². The van der Waals surface area contributed by atoms with Crippen molar-refractivity contribution in [2.24, 2.45) is 5.41 Å². The molecule has 0 N–H and O–H groups in total. The van der Waals surface area contributed by atoms with Crippen LogP contribution in [-0.2, 0) is 10.0 Å². The molecular formula is C37H40BrOPSi. The molecule has 2 atom stereocenters. The molecule has 41 heavy (non-hydrogen) atoms. The molecule has 5 aromatic carbocycles. The molecule has 0 bridgehead atoms. The van der Waals surface area contributed by atoms with E-state index in [1.807, 2.05) is 0 Å². The fourth-order valence-electron chi connectivity index (χ4n) is 6.47. The molecule has 0 aromatic heterocycles. The normalized spacial score (nSPS) is 14.0. The van der Waals surface area contributed by atoms with E-state index < -0.39 is 12.9 Å². The van der Waals surface area contributed by atoms with E-state index in [4.69, 9.17) is 4.43 Å². The predicted molar refractivity (Wildman–Crippen MR) is 178 cm³/mol. The lowest BCUT2D eigenvalue weighted by atomic mass is 9.69. The Morgan fingerprint density at radius 2 is 0.902 bits per heavy atom. The highest BCUT2D eigenvalue weighted by atomic mass is 79.9. The van der Waals surface area contributed by atoms with Gasteiger partial charge in [0.25, 0.3) is 0 Å². The molecule has 5 rings (SSSR count). The fraction of sp³-hybridized carbons (Fsp3) is 0.189. The van der Waals surface area contributed by atoms with Crippen LogP contribution in [0.5, 0.6) is 0 Å². The van der Waals surface area contributed by atoms with Crippen LogP contribution in [0, 0.1) is 5.41 Å². The van der Waals surface area contributed by atoms with Crippen molar-refractivity contribution in [3.63, 3.8) is 0 Å². The maximum absolute atomic E-state index is 6.90. The smallest absolute Gasteiger partial charge is 0.147 e. The number of halogens is 1. The van der Waals surface area contributed by atoms with Gasteiger partial charge < -0.3 is 21.4 Å². The van der Waals surface area contributed by atoms with E-state index >= 15 is 0 Å². The minimum absolute atomic E-state index is 0. The zero-order chi connectivity index (χ0) is 28.1. The molecule has 0 saturated carbocycles. The molecule has 0 amide bonds. The molecule has 1 nitrogen and oxygen atoms in total. The molecule has 0 aliphatic carbocycles. The number of rotatable bonds is 9. The lowest BCUT2D eigenvalue weighted by Crippen LogP contribution is -3.00. The minimum Gasteiger partial charge on any atom is -1.00 e. The van der Waals surface area contributed by atoms with Gasteiger partial charge in [0.15, 0.2) is 0 Å². The minimum atomic E-state index is -2.25. The Kier molecular flexibility index (Phi) is 10.2. The van der Waals surface area contributed by atoms with E-state index in [-0.39, 0.29) is 28.1 Å². The van der Waals surface area contributed by atoms with Crippen molar-refractivity contribution in [2.45, 2.75) is 38.5 Å². The van der Waals surface area contributed by atoms with E-state index in [1.54, 1.807) is 0 Å². The van der Waals surface area contributed by atoms with Gasteiger partial charge in [0, 0.05) is 6.42 Å². The highest BCUT2D eigenvalue weighted by Crippen LogP contribution is 2.70. The number of benzene rings is 5. The summed E-state index contributed by atoms with van der Waals surface area (Å²) in [7, 11) is -1.61. The summed E-state index contributed by atoms with van der Waals surface area (Å²) >= 11 is 0. The first-order chi connectivity index (χ1) is 19.4. The van der Waals surface area contributed by atoms with Crippen LogP contribution in [0.1, 0.15) is 44.0 Å². The van der Waals surface area contributed by atoms with Crippen molar-refractivity contribution < 1.29 is 21.4 Å². The summed E-state index contributed by atoms with van der Waals surface area (Å²) in [5, 5.41) is 4.18. The van der Waals surface area contributed by atoms with Gasteiger partial charge in [-0.1, -0.05) is 136 Å². The zero-order valence-corrected chi connectivity index (χ0v) is 28.9. The van der Waals surface area contributed by atoms with Crippen LogP contribution in [-0.4, -0.2) is 10.5 Å². The van der Waals surface area contributed by atoms with Gasteiger partial charge in [-0.15, -0.1) is 0 Å². The largest absolute Gasteiger partial charge is 1.00 e. The summed E-state index contributed by atoms with van der Waals surface area (Å²) in [5.74, 6) is 0. The maximum Gasteiger partial charge on any atom is 0.147 e. The monoisotopic (exact) mass is 638 g/mol. The van der Waals surface area contributed by atoms with Gasteiger partial charge in [-0.05, 0) is 52.9 Å². The second-order valence-electron chi connectivity index (χ2n) is 11.5. The van der Waals surface area contributed by atoms with Gasteiger partial charge in [-0.3, -0.25) is 0 Å². The summed E-state index contributed by atoms with van der Waals surface area (Å²) in [6, 6.07) is 55.9. The highest BCUT2D eigenvalue weighted by molar-refractivity contribution is 7.96. The Morgan fingerprint density at radius 1 is 0.561 bits per heavy atom. The summed E-state index contributed by atoms with van der Waals surface area (Å²) in [6.45, 7) is 7.02.